The first kappa shape index (κ1) is 16.7. The van der Waals surface area contributed by atoms with Crippen molar-refractivity contribution in [2.45, 2.75) is 42.0 Å². The van der Waals surface area contributed by atoms with Crippen LogP contribution in [0.15, 0.2) is 59.5 Å². The number of nitrogens with one attached hydrogen (secondary N) is 1. The molecule has 0 spiro atoms. The Kier molecular flexibility index (Phi) is 4.82. The SMILES string of the molecule is CC(c1ccccc1)N1CCC(NC(=O)C2Cc3ccccc3S2)C1. The average Bonchev–Trinajstić information content (AvgIpc) is 3.28. The second-order valence-electron chi connectivity index (χ2n) is 6.99. The summed E-state index contributed by atoms with van der Waals surface area (Å²) in [6.07, 6.45) is 1.89. The van der Waals surface area contributed by atoms with Crippen molar-refractivity contribution in [2.24, 2.45) is 0 Å². The van der Waals surface area contributed by atoms with Crippen LogP contribution in [-0.4, -0.2) is 35.2 Å². The van der Waals surface area contributed by atoms with Crippen molar-refractivity contribution in [1.82, 2.24) is 10.2 Å². The monoisotopic (exact) mass is 352 g/mol. The van der Waals surface area contributed by atoms with Crippen molar-refractivity contribution in [3.8, 4) is 0 Å². The average molecular weight is 353 g/mol. The molecule has 25 heavy (non-hydrogen) atoms. The molecule has 3 nitrogen and oxygen atoms in total. The molecule has 2 aromatic carbocycles. The maximum Gasteiger partial charge on any atom is 0.234 e. The summed E-state index contributed by atoms with van der Waals surface area (Å²) in [7, 11) is 0. The lowest BCUT2D eigenvalue weighted by molar-refractivity contribution is -0.121. The predicted octanol–water partition coefficient (Wildman–Crippen LogP) is 3.66. The number of fused-ring (bicyclic) bond motifs is 1. The molecule has 1 amide bonds. The van der Waals surface area contributed by atoms with E-state index in [4.69, 9.17) is 0 Å². The molecular formula is C21H24N2OS. The van der Waals surface area contributed by atoms with Gasteiger partial charge in [-0.1, -0.05) is 48.5 Å². The summed E-state index contributed by atoms with van der Waals surface area (Å²) in [5.41, 5.74) is 2.65. The third kappa shape index (κ3) is 3.60. The van der Waals surface area contributed by atoms with Gasteiger partial charge in [0.1, 0.15) is 0 Å². The first-order valence-corrected chi connectivity index (χ1v) is 9.92. The minimum absolute atomic E-state index is 0.0259. The molecule has 0 saturated carbocycles. The number of likely N-dealkylation sites (tertiary alicyclic amines) is 1. The van der Waals surface area contributed by atoms with Gasteiger partial charge in [-0.3, -0.25) is 9.69 Å². The highest BCUT2D eigenvalue weighted by atomic mass is 32.2. The molecule has 0 radical (unpaired) electrons. The minimum atomic E-state index is 0.0259. The van der Waals surface area contributed by atoms with Gasteiger partial charge in [-0.2, -0.15) is 0 Å². The lowest BCUT2D eigenvalue weighted by Gasteiger charge is -2.25. The molecule has 2 aliphatic heterocycles. The Bertz CT molecular complexity index is 724. The van der Waals surface area contributed by atoms with Gasteiger partial charge < -0.3 is 5.32 Å². The summed E-state index contributed by atoms with van der Waals surface area (Å²) >= 11 is 1.71. The lowest BCUT2D eigenvalue weighted by Crippen LogP contribution is -2.41. The van der Waals surface area contributed by atoms with Crippen LogP contribution in [0.2, 0.25) is 0 Å². The second kappa shape index (κ2) is 7.22. The van der Waals surface area contributed by atoms with Crippen molar-refractivity contribution < 1.29 is 4.79 Å². The van der Waals surface area contributed by atoms with E-state index in [1.165, 1.54) is 16.0 Å². The Morgan fingerprint density at radius 2 is 1.92 bits per heavy atom. The van der Waals surface area contributed by atoms with E-state index in [2.05, 4.69) is 65.7 Å². The number of nitrogens with zero attached hydrogens (tertiary/aromatic N) is 1. The van der Waals surface area contributed by atoms with Crippen LogP contribution in [0.1, 0.15) is 30.5 Å². The van der Waals surface area contributed by atoms with Gasteiger partial charge in [0.25, 0.3) is 0 Å². The van der Waals surface area contributed by atoms with Crippen LogP contribution in [-0.2, 0) is 11.2 Å². The molecule has 0 bridgehead atoms. The molecule has 130 valence electrons. The van der Waals surface area contributed by atoms with Gasteiger partial charge in [-0.05, 0) is 37.0 Å². The van der Waals surface area contributed by atoms with Crippen molar-refractivity contribution >= 4 is 17.7 Å². The van der Waals surface area contributed by atoms with Gasteiger partial charge in [0.15, 0.2) is 0 Å². The predicted molar refractivity (Wildman–Crippen MR) is 103 cm³/mol. The van der Waals surface area contributed by atoms with Gasteiger partial charge >= 0.3 is 0 Å². The van der Waals surface area contributed by atoms with Gasteiger partial charge in [-0.15, -0.1) is 11.8 Å². The molecule has 4 rings (SSSR count). The molecule has 1 fully saturated rings. The summed E-state index contributed by atoms with van der Waals surface area (Å²) in [5, 5.41) is 3.32. The zero-order valence-electron chi connectivity index (χ0n) is 14.5. The molecule has 2 heterocycles. The quantitative estimate of drug-likeness (QED) is 0.911. The van der Waals surface area contributed by atoms with Crippen LogP contribution in [0.25, 0.3) is 0 Å². The number of hydrogen-bond donors (Lipinski definition) is 1. The van der Waals surface area contributed by atoms with Gasteiger partial charge in [-0.25, -0.2) is 0 Å². The summed E-state index contributed by atoms with van der Waals surface area (Å²) in [4.78, 5) is 16.4. The number of hydrogen-bond acceptors (Lipinski definition) is 3. The highest BCUT2D eigenvalue weighted by Gasteiger charge is 2.32. The van der Waals surface area contributed by atoms with Crippen molar-refractivity contribution in [3.63, 3.8) is 0 Å². The minimum Gasteiger partial charge on any atom is -0.351 e. The van der Waals surface area contributed by atoms with Crippen molar-refractivity contribution in [3.05, 3.63) is 65.7 Å². The molecule has 2 aromatic rings. The van der Waals surface area contributed by atoms with Crippen LogP contribution < -0.4 is 5.32 Å². The maximum atomic E-state index is 12.7. The van der Waals surface area contributed by atoms with E-state index in [1.54, 1.807) is 11.8 Å². The van der Waals surface area contributed by atoms with Crippen LogP contribution >= 0.6 is 11.8 Å². The number of benzene rings is 2. The van der Waals surface area contributed by atoms with E-state index in [0.717, 1.165) is 25.9 Å². The van der Waals surface area contributed by atoms with E-state index in [9.17, 15) is 4.79 Å². The van der Waals surface area contributed by atoms with Crippen LogP contribution in [0, 0.1) is 0 Å². The van der Waals surface area contributed by atoms with E-state index in [-0.39, 0.29) is 17.2 Å². The molecule has 0 aliphatic carbocycles. The summed E-state index contributed by atoms with van der Waals surface area (Å²) in [5.74, 6) is 0.195. The zero-order chi connectivity index (χ0) is 17.2. The van der Waals surface area contributed by atoms with Crippen molar-refractivity contribution in [2.75, 3.05) is 13.1 Å². The van der Waals surface area contributed by atoms with Gasteiger partial charge in [0, 0.05) is 30.1 Å². The molecular weight excluding hydrogens is 328 g/mol. The first-order chi connectivity index (χ1) is 12.2. The first-order valence-electron chi connectivity index (χ1n) is 9.04. The summed E-state index contributed by atoms with van der Waals surface area (Å²) in [6, 6.07) is 19.6. The number of rotatable bonds is 4. The fourth-order valence-electron chi connectivity index (χ4n) is 3.82. The normalized spacial score (nSPS) is 24.0. The molecule has 0 aromatic heterocycles. The fourth-order valence-corrected chi connectivity index (χ4v) is 5.03. The largest absolute Gasteiger partial charge is 0.351 e. The standard InChI is InChI=1S/C21H24N2OS/c1-15(16-7-3-2-4-8-16)23-12-11-18(14-23)22-21(24)20-13-17-9-5-6-10-19(17)25-20/h2-10,15,18,20H,11-14H2,1H3,(H,22,24). The van der Waals surface area contributed by atoms with E-state index < -0.39 is 0 Å². The van der Waals surface area contributed by atoms with E-state index in [1.807, 2.05) is 6.07 Å². The van der Waals surface area contributed by atoms with Crippen LogP contribution in [0.5, 0.6) is 0 Å². The highest BCUT2D eigenvalue weighted by Crippen LogP contribution is 2.37. The Balaban J connectivity index is 1.32. The van der Waals surface area contributed by atoms with Crippen LogP contribution in [0.3, 0.4) is 0 Å². The van der Waals surface area contributed by atoms with E-state index >= 15 is 0 Å². The summed E-state index contributed by atoms with van der Waals surface area (Å²) in [6.45, 7) is 4.23. The molecule has 3 unspecified atom stereocenters. The van der Waals surface area contributed by atoms with Gasteiger partial charge in [0.2, 0.25) is 5.91 Å². The zero-order valence-corrected chi connectivity index (χ0v) is 15.3. The Morgan fingerprint density at radius 3 is 2.72 bits per heavy atom. The topological polar surface area (TPSA) is 32.3 Å². The lowest BCUT2D eigenvalue weighted by atomic mass is 10.1. The molecule has 4 heteroatoms. The molecule has 1 N–H and O–H groups in total. The van der Waals surface area contributed by atoms with Gasteiger partial charge in [0.05, 0.1) is 5.25 Å². The maximum absolute atomic E-state index is 12.7. The molecule has 3 atom stereocenters. The third-order valence-corrected chi connectivity index (χ3v) is 6.65. The smallest absolute Gasteiger partial charge is 0.234 e. The second-order valence-corrected chi connectivity index (χ2v) is 8.24. The third-order valence-electron chi connectivity index (χ3n) is 5.34. The highest BCUT2D eigenvalue weighted by molar-refractivity contribution is 8.01. The number of amides is 1. The summed E-state index contributed by atoms with van der Waals surface area (Å²) < 4.78 is 0. The van der Waals surface area contributed by atoms with E-state index in [0.29, 0.717) is 6.04 Å². The fraction of sp³-hybridized carbons (Fsp3) is 0.381. The molecule has 1 saturated heterocycles. The molecule has 2 aliphatic rings. The Morgan fingerprint density at radius 1 is 1.16 bits per heavy atom. The number of thioether (sulfide) groups is 1. The Labute approximate surface area is 153 Å². The number of carbonyl (C=O) groups is 1. The Hall–Kier alpha value is -1.78. The van der Waals surface area contributed by atoms with Crippen LogP contribution in [0.4, 0.5) is 0 Å². The number of carbonyl (C=O) groups excluding carboxylic acids is 1. The van der Waals surface area contributed by atoms with Crippen molar-refractivity contribution in [1.29, 1.82) is 0 Å².